The van der Waals surface area contributed by atoms with Crippen molar-refractivity contribution in [2.24, 2.45) is 0 Å². The van der Waals surface area contributed by atoms with Crippen LogP contribution >= 0.6 is 0 Å². The standard InChI is InChI=1S/C27H32N2O4S/c1-4-33-26-18-17-23(27(30)28-21(2)15-16-22-11-7-5-8-12-22)19-24(26)20-29(3)34(31,32)25-13-9-6-10-14-25/h5-14,17-19,21H,4,15-16,20H2,1-3H3,(H,28,30)/t21-/m1/s1. The number of sulfonamides is 1. The highest BCUT2D eigenvalue weighted by atomic mass is 32.2. The Balaban J connectivity index is 1.72. The van der Waals surface area contributed by atoms with Crippen LogP contribution in [0.2, 0.25) is 0 Å². The number of carbonyl (C=O) groups is 1. The maximum Gasteiger partial charge on any atom is 0.251 e. The van der Waals surface area contributed by atoms with Gasteiger partial charge in [-0.25, -0.2) is 8.42 Å². The molecule has 0 aliphatic rings. The molecule has 0 aliphatic carbocycles. The smallest absolute Gasteiger partial charge is 0.251 e. The Hall–Kier alpha value is -3.16. The zero-order valence-electron chi connectivity index (χ0n) is 19.9. The van der Waals surface area contributed by atoms with Gasteiger partial charge in [-0.3, -0.25) is 4.79 Å². The lowest BCUT2D eigenvalue weighted by molar-refractivity contribution is 0.0938. The van der Waals surface area contributed by atoms with Gasteiger partial charge in [-0.15, -0.1) is 0 Å². The van der Waals surface area contributed by atoms with Gasteiger partial charge in [0.05, 0.1) is 11.5 Å². The summed E-state index contributed by atoms with van der Waals surface area (Å²) < 4.78 is 32.9. The second kappa shape index (κ2) is 11.8. The number of benzene rings is 3. The molecule has 0 saturated heterocycles. The van der Waals surface area contributed by atoms with Crippen LogP contribution in [0.4, 0.5) is 0 Å². The van der Waals surface area contributed by atoms with E-state index in [9.17, 15) is 13.2 Å². The maximum absolute atomic E-state index is 13.0. The first kappa shape index (κ1) is 25.5. The van der Waals surface area contributed by atoms with Crippen LogP contribution in [0.1, 0.15) is 41.8 Å². The molecule has 0 unspecified atom stereocenters. The van der Waals surface area contributed by atoms with Crippen LogP contribution in [0, 0.1) is 0 Å². The van der Waals surface area contributed by atoms with Gasteiger partial charge in [-0.2, -0.15) is 4.31 Å². The normalized spacial score (nSPS) is 12.4. The number of hydrogen-bond donors (Lipinski definition) is 1. The minimum Gasteiger partial charge on any atom is -0.494 e. The highest BCUT2D eigenvalue weighted by molar-refractivity contribution is 7.89. The van der Waals surface area contributed by atoms with Crippen molar-refractivity contribution in [2.45, 2.75) is 44.2 Å². The number of nitrogens with zero attached hydrogens (tertiary/aromatic N) is 1. The molecule has 3 rings (SSSR count). The van der Waals surface area contributed by atoms with Crippen molar-refractivity contribution in [3.8, 4) is 5.75 Å². The molecule has 1 atom stereocenters. The Kier molecular flexibility index (Phi) is 8.85. The van der Waals surface area contributed by atoms with Gasteiger partial charge in [0.15, 0.2) is 0 Å². The largest absolute Gasteiger partial charge is 0.494 e. The number of rotatable bonds is 11. The molecule has 1 amide bonds. The lowest BCUT2D eigenvalue weighted by Crippen LogP contribution is -2.33. The Morgan fingerprint density at radius 1 is 1.00 bits per heavy atom. The van der Waals surface area contributed by atoms with E-state index in [1.165, 1.54) is 16.9 Å². The molecule has 0 fully saturated rings. The second-order valence-corrected chi connectivity index (χ2v) is 10.3. The molecular formula is C27H32N2O4S. The highest BCUT2D eigenvalue weighted by Crippen LogP contribution is 2.25. The van der Waals surface area contributed by atoms with Crippen molar-refractivity contribution in [3.63, 3.8) is 0 Å². The molecule has 0 bridgehead atoms. The summed E-state index contributed by atoms with van der Waals surface area (Å²) in [6.07, 6.45) is 1.69. The third-order valence-corrected chi connectivity index (χ3v) is 7.37. The van der Waals surface area contributed by atoms with Gasteiger partial charge in [-0.05, 0) is 62.6 Å². The molecule has 180 valence electrons. The molecule has 6 nitrogen and oxygen atoms in total. The predicted molar refractivity (Wildman–Crippen MR) is 134 cm³/mol. The number of hydrogen-bond acceptors (Lipinski definition) is 4. The van der Waals surface area contributed by atoms with E-state index in [1.54, 1.807) is 48.5 Å². The van der Waals surface area contributed by atoms with Crippen LogP contribution in [0.3, 0.4) is 0 Å². The molecule has 0 aliphatic heterocycles. The lowest BCUT2D eigenvalue weighted by Gasteiger charge is -2.20. The SMILES string of the molecule is CCOc1ccc(C(=O)N[C@H](C)CCc2ccccc2)cc1CN(C)S(=O)(=O)c1ccccc1. The Labute approximate surface area is 202 Å². The molecule has 0 spiro atoms. The van der Waals surface area contributed by atoms with Crippen LogP contribution in [0.5, 0.6) is 5.75 Å². The summed E-state index contributed by atoms with van der Waals surface area (Å²) in [7, 11) is -2.15. The molecule has 1 N–H and O–H groups in total. The van der Waals surface area contributed by atoms with Gasteiger partial charge in [0.25, 0.3) is 5.91 Å². The maximum atomic E-state index is 13.0. The molecule has 3 aromatic rings. The van der Waals surface area contributed by atoms with E-state index in [0.29, 0.717) is 23.5 Å². The van der Waals surface area contributed by atoms with Crippen LogP contribution in [-0.2, 0) is 23.0 Å². The topological polar surface area (TPSA) is 75.7 Å². The summed E-state index contributed by atoms with van der Waals surface area (Å²) in [5.74, 6) is 0.365. The molecule has 3 aromatic carbocycles. The number of carbonyl (C=O) groups excluding carboxylic acids is 1. The fourth-order valence-electron chi connectivity index (χ4n) is 3.64. The van der Waals surface area contributed by atoms with Crippen molar-refractivity contribution in [1.29, 1.82) is 0 Å². The van der Waals surface area contributed by atoms with Crippen LogP contribution in [0.25, 0.3) is 0 Å². The number of ether oxygens (including phenoxy) is 1. The molecule has 34 heavy (non-hydrogen) atoms. The average Bonchev–Trinajstić information content (AvgIpc) is 2.85. The summed E-state index contributed by atoms with van der Waals surface area (Å²) in [6.45, 7) is 4.36. The second-order valence-electron chi connectivity index (χ2n) is 8.23. The van der Waals surface area contributed by atoms with E-state index < -0.39 is 10.0 Å². The van der Waals surface area contributed by atoms with E-state index in [4.69, 9.17) is 4.74 Å². The van der Waals surface area contributed by atoms with Gasteiger partial charge in [0.2, 0.25) is 10.0 Å². The molecule has 0 radical (unpaired) electrons. The van der Waals surface area contributed by atoms with E-state index in [-0.39, 0.29) is 23.4 Å². The van der Waals surface area contributed by atoms with Crippen LogP contribution in [0.15, 0.2) is 83.8 Å². The molecule has 0 heterocycles. The Bertz CT molecular complexity index is 1180. The summed E-state index contributed by atoms with van der Waals surface area (Å²) in [5, 5.41) is 3.04. The predicted octanol–water partition coefficient (Wildman–Crippen LogP) is 4.66. The lowest BCUT2D eigenvalue weighted by atomic mass is 10.1. The molecule has 0 saturated carbocycles. The molecule has 0 aromatic heterocycles. The van der Waals surface area contributed by atoms with Crippen molar-refractivity contribution in [2.75, 3.05) is 13.7 Å². The van der Waals surface area contributed by atoms with Gasteiger partial charge in [0.1, 0.15) is 5.75 Å². The molecule has 7 heteroatoms. The average molecular weight is 481 g/mol. The van der Waals surface area contributed by atoms with Crippen LogP contribution < -0.4 is 10.1 Å². The van der Waals surface area contributed by atoms with Gasteiger partial charge in [-0.1, -0.05) is 48.5 Å². The third kappa shape index (κ3) is 6.68. The fourth-order valence-corrected chi connectivity index (χ4v) is 4.81. The number of aryl methyl sites for hydroxylation is 1. The van der Waals surface area contributed by atoms with Gasteiger partial charge < -0.3 is 10.1 Å². The molecular weight excluding hydrogens is 448 g/mol. The first-order chi connectivity index (χ1) is 16.3. The van der Waals surface area contributed by atoms with E-state index in [2.05, 4.69) is 17.4 Å². The third-order valence-electron chi connectivity index (χ3n) is 5.55. The van der Waals surface area contributed by atoms with E-state index >= 15 is 0 Å². The minimum atomic E-state index is -3.68. The van der Waals surface area contributed by atoms with Crippen LogP contribution in [-0.4, -0.2) is 38.3 Å². The zero-order valence-corrected chi connectivity index (χ0v) is 20.7. The summed E-state index contributed by atoms with van der Waals surface area (Å²) in [5.41, 5.74) is 2.33. The first-order valence-electron chi connectivity index (χ1n) is 11.4. The Morgan fingerprint density at radius 2 is 1.65 bits per heavy atom. The van der Waals surface area contributed by atoms with Crippen molar-refractivity contribution in [1.82, 2.24) is 9.62 Å². The van der Waals surface area contributed by atoms with Gasteiger partial charge >= 0.3 is 0 Å². The zero-order chi connectivity index (χ0) is 24.6. The van der Waals surface area contributed by atoms with Crippen molar-refractivity contribution < 1.29 is 17.9 Å². The van der Waals surface area contributed by atoms with Crippen molar-refractivity contribution >= 4 is 15.9 Å². The Morgan fingerprint density at radius 3 is 2.29 bits per heavy atom. The number of amides is 1. The number of nitrogens with one attached hydrogen (secondary N) is 1. The summed E-state index contributed by atoms with van der Waals surface area (Å²) in [6, 6.07) is 23.6. The first-order valence-corrected chi connectivity index (χ1v) is 12.9. The van der Waals surface area contributed by atoms with E-state index in [0.717, 1.165) is 12.8 Å². The monoisotopic (exact) mass is 480 g/mol. The van der Waals surface area contributed by atoms with Crippen molar-refractivity contribution in [3.05, 3.63) is 95.6 Å². The van der Waals surface area contributed by atoms with Gasteiger partial charge in [0, 0.05) is 30.8 Å². The minimum absolute atomic E-state index is 0.0103. The fraction of sp³-hybridized carbons (Fsp3) is 0.296. The summed E-state index contributed by atoms with van der Waals surface area (Å²) >= 11 is 0. The quantitative estimate of drug-likeness (QED) is 0.433. The highest BCUT2D eigenvalue weighted by Gasteiger charge is 2.22. The van der Waals surface area contributed by atoms with E-state index in [1.807, 2.05) is 32.0 Å². The summed E-state index contributed by atoms with van der Waals surface area (Å²) in [4.78, 5) is 13.1.